The molecule has 1 aliphatic rings. The minimum atomic E-state index is -0.312. The van der Waals surface area contributed by atoms with E-state index in [4.69, 9.17) is 9.47 Å². The summed E-state index contributed by atoms with van der Waals surface area (Å²) in [6.07, 6.45) is 1.96. The molecule has 2 unspecified atom stereocenters. The summed E-state index contributed by atoms with van der Waals surface area (Å²) >= 11 is 0. The highest BCUT2D eigenvalue weighted by molar-refractivity contribution is 5.79. The van der Waals surface area contributed by atoms with E-state index in [1.165, 1.54) is 12.1 Å². The van der Waals surface area contributed by atoms with Gasteiger partial charge >= 0.3 is 0 Å². The van der Waals surface area contributed by atoms with Gasteiger partial charge in [0.25, 0.3) is 0 Å². The summed E-state index contributed by atoms with van der Waals surface area (Å²) in [6, 6.07) is 10.2. The molecule has 0 radical (unpaired) electrons. The first-order valence-corrected chi connectivity index (χ1v) is 10.2. The third-order valence-electron chi connectivity index (χ3n) is 4.75. The molecule has 0 spiro atoms. The van der Waals surface area contributed by atoms with Crippen LogP contribution in [0.1, 0.15) is 19.4 Å². The number of pyridine rings is 1. The molecule has 2 aromatic rings. The number of hydrogen-bond acceptors (Lipinski definition) is 5. The number of guanidine groups is 1. The van der Waals surface area contributed by atoms with E-state index in [1.807, 2.05) is 19.2 Å². The van der Waals surface area contributed by atoms with Crippen LogP contribution in [0.2, 0.25) is 0 Å². The number of halogens is 1. The van der Waals surface area contributed by atoms with E-state index in [2.05, 4.69) is 38.5 Å². The van der Waals surface area contributed by atoms with Crippen LogP contribution in [0.5, 0.6) is 5.75 Å². The maximum absolute atomic E-state index is 13.3. The fourth-order valence-electron chi connectivity index (χ4n) is 3.20. The second kappa shape index (κ2) is 10.8. The Labute approximate surface area is 177 Å². The van der Waals surface area contributed by atoms with Gasteiger partial charge in [0.1, 0.15) is 23.5 Å². The number of anilines is 1. The van der Waals surface area contributed by atoms with Gasteiger partial charge in [-0.25, -0.2) is 9.37 Å². The Morgan fingerprint density at radius 2 is 2.23 bits per heavy atom. The number of hydrogen-bond donors (Lipinski definition) is 2. The maximum Gasteiger partial charge on any atom is 0.191 e. The predicted octanol–water partition coefficient (Wildman–Crippen LogP) is 2.58. The Balaban J connectivity index is 1.43. The molecule has 162 valence electrons. The molecule has 7 nitrogen and oxygen atoms in total. The van der Waals surface area contributed by atoms with E-state index in [0.717, 1.165) is 31.1 Å². The number of aliphatic imine (C=N–C) groups is 1. The lowest BCUT2D eigenvalue weighted by atomic mass is 10.2. The molecule has 1 aromatic heterocycles. The molecule has 0 saturated carbocycles. The number of nitrogens with zero attached hydrogens (tertiary/aromatic N) is 3. The molecule has 3 rings (SSSR count). The van der Waals surface area contributed by atoms with Crippen molar-refractivity contribution in [3.63, 3.8) is 0 Å². The van der Waals surface area contributed by atoms with Crippen molar-refractivity contribution in [2.75, 3.05) is 38.2 Å². The lowest BCUT2D eigenvalue weighted by Gasteiger charge is -2.32. The summed E-state index contributed by atoms with van der Waals surface area (Å²) in [5.41, 5.74) is 1.06. The van der Waals surface area contributed by atoms with Crippen molar-refractivity contribution in [2.45, 2.75) is 32.6 Å². The Hall–Kier alpha value is -2.87. The molecule has 1 fully saturated rings. The maximum atomic E-state index is 13.3. The van der Waals surface area contributed by atoms with Gasteiger partial charge in [0.05, 0.1) is 19.3 Å². The number of morpholine rings is 1. The van der Waals surface area contributed by atoms with Crippen LogP contribution in [-0.2, 0) is 11.3 Å². The van der Waals surface area contributed by atoms with Crippen LogP contribution < -0.4 is 20.3 Å². The van der Waals surface area contributed by atoms with Gasteiger partial charge in [-0.1, -0.05) is 12.1 Å². The van der Waals surface area contributed by atoms with Gasteiger partial charge in [-0.2, -0.15) is 0 Å². The summed E-state index contributed by atoms with van der Waals surface area (Å²) in [5.74, 6) is 1.83. The molecular weight excluding hydrogens is 385 g/mol. The topological polar surface area (TPSA) is 71.0 Å². The number of rotatable bonds is 7. The molecule has 2 heterocycles. The van der Waals surface area contributed by atoms with Crippen LogP contribution in [0.4, 0.5) is 10.2 Å². The van der Waals surface area contributed by atoms with E-state index in [1.54, 1.807) is 19.2 Å². The summed E-state index contributed by atoms with van der Waals surface area (Å²) in [4.78, 5) is 11.1. The largest absolute Gasteiger partial charge is 0.489 e. The van der Waals surface area contributed by atoms with Crippen LogP contribution in [0.3, 0.4) is 0 Å². The normalized spacial score (nSPS) is 18.1. The van der Waals surface area contributed by atoms with E-state index in [-0.39, 0.29) is 18.0 Å². The van der Waals surface area contributed by atoms with Gasteiger partial charge in [0.15, 0.2) is 5.96 Å². The monoisotopic (exact) mass is 415 g/mol. The Bertz CT molecular complexity index is 831. The first kappa shape index (κ1) is 21.8. The highest BCUT2D eigenvalue weighted by Crippen LogP contribution is 2.15. The van der Waals surface area contributed by atoms with Crippen molar-refractivity contribution >= 4 is 11.8 Å². The predicted molar refractivity (Wildman–Crippen MR) is 117 cm³/mol. The molecule has 1 aliphatic heterocycles. The molecule has 8 heteroatoms. The summed E-state index contributed by atoms with van der Waals surface area (Å²) in [5, 5.41) is 6.49. The number of benzene rings is 1. The minimum absolute atomic E-state index is 0.151. The summed E-state index contributed by atoms with van der Waals surface area (Å²) in [6.45, 7) is 7.58. The first-order valence-electron chi connectivity index (χ1n) is 10.2. The Kier molecular flexibility index (Phi) is 7.84. The van der Waals surface area contributed by atoms with Gasteiger partial charge in [0.2, 0.25) is 0 Å². The van der Waals surface area contributed by atoms with E-state index in [9.17, 15) is 4.39 Å². The average molecular weight is 416 g/mol. The summed E-state index contributed by atoms with van der Waals surface area (Å²) in [7, 11) is 1.72. The molecule has 0 aliphatic carbocycles. The van der Waals surface area contributed by atoms with Crippen molar-refractivity contribution in [2.24, 2.45) is 4.99 Å². The van der Waals surface area contributed by atoms with Crippen LogP contribution in [0.25, 0.3) is 0 Å². The number of aromatic nitrogens is 1. The standard InChI is InChI=1S/C22H30FN5O2/c1-16(30-20-6-4-5-19(23)11-20)12-26-22(24-3)27-14-18-7-8-21(25-13-18)28-9-10-29-17(2)15-28/h4-8,11,13,16-17H,9-10,12,14-15H2,1-3H3,(H2,24,26,27). The van der Waals surface area contributed by atoms with Crippen LogP contribution in [0.15, 0.2) is 47.6 Å². The van der Waals surface area contributed by atoms with E-state index >= 15 is 0 Å². The SMILES string of the molecule is CN=C(NCc1ccc(N2CCOC(C)C2)nc1)NCC(C)Oc1cccc(F)c1. The van der Waals surface area contributed by atoms with Crippen LogP contribution in [-0.4, -0.2) is 56.4 Å². The zero-order valence-corrected chi connectivity index (χ0v) is 17.8. The van der Waals surface area contributed by atoms with Crippen molar-refractivity contribution in [1.29, 1.82) is 0 Å². The smallest absolute Gasteiger partial charge is 0.191 e. The Morgan fingerprint density at radius 3 is 2.93 bits per heavy atom. The number of ether oxygens (including phenoxy) is 2. The zero-order chi connectivity index (χ0) is 21.3. The van der Waals surface area contributed by atoms with E-state index in [0.29, 0.717) is 24.8 Å². The highest BCUT2D eigenvalue weighted by Gasteiger charge is 2.17. The lowest BCUT2D eigenvalue weighted by Crippen LogP contribution is -2.42. The number of nitrogens with one attached hydrogen (secondary N) is 2. The van der Waals surface area contributed by atoms with E-state index < -0.39 is 0 Å². The van der Waals surface area contributed by atoms with Gasteiger partial charge < -0.3 is 25.0 Å². The fourth-order valence-corrected chi connectivity index (χ4v) is 3.20. The quantitative estimate of drug-likeness (QED) is 0.535. The minimum Gasteiger partial charge on any atom is -0.489 e. The molecule has 2 N–H and O–H groups in total. The van der Waals surface area contributed by atoms with Crippen molar-refractivity contribution < 1.29 is 13.9 Å². The van der Waals surface area contributed by atoms with Crippen molar-refractivity contribution in [3.8, 4) is 5.75 Å². The van der Waals surface area contributed by atoms with Crippen LogP contribution in [0, 0.1) is 5.82 Å². The third-order valence-corrected chi connectivity index (χ3v) is 4.75. The molecular formula is C22H30FN5O2. The van der Waals surface area contributed by atoms with Gasteiger partial charge in [-0.05, 0) is 37.6 Å². The Morgan fingerprint density at radius 1 is 1.37 bits per heavy atom. The zero-order valence-electron chi connectivity index (χ0n) is 17.8. The second-order valence-electron chi connectivity index (χ2n) is 7.34. The molecule has 30 heavy (non-hydrogen) atoms. The summed E-state index contributed by atoms with van der Waals surface area (Å²) < 4.78 is 24.6. The third kappa shape index (κ3) is 6.59. The molecule has 0 amide bonds. The van der Waals surface area contributed by atoms with Gasteiger partial charge in [0, 0.05) is 38.9 Å². The lowest BCUT2D eigenvalue weighted by molar-refractivity contribution is 0.0529. The molecule has 2 atom stereocenters. The fraction of sp³-hybridized carbons (Fsp3) is 0.455. The van der Waals surface area contributed by atoms with Gasteiger partial charge in [-0.3, -0.25) is 4.99 Å². The average Bonchev–Trinajstić information content (AvgIpc) is 2.74. The molecule has 1 aromatic carbocycles. The first-order chi connectivity index (χ1) is 14.5. The second-order valence-corrected chi connectivity index (χ2v) is 7.34. The highest BCUT2D eigenvalue weighted by atomic mass is 19.1. The molecule has 0 bridgehead atoms. The van der Waals surface area contributed by atoms with Crippen molar-refractivity contribution in [3.05, 3.63) is 54.0 Å². The van der Waals surface area contributed by atoms with Crippen LogP contribution >= 0.6 is 0 Å². The van der Waals surface area contributed by atoms with Crippen molar-refractivity contribution in [1.82, 2.24) is 15.6 Å². The molecule has 1 saturated heterocycles. The van der Waals surface area contributed by atoms with Gasteiger partial charge in [-0.15, -0.1) is 0 Å².